The molecule has 1 N–H and O–H groups in total. The van der Waals surface area contributed by atoms with E-state index in [4.69, 9.17) is 9.47 Å². The molecule has 0 aliphatic carbocycles. The number of hydrogen-bond acceptors (Lipinski definition) is 4. The van der Waals surface area contributed by atoms with Gasteiger partial charge in [-0.2, -0.15) is 0 Å². The lowest BCUT2D eigenvalue weighted by atomic mass is 10.0. The summed E-state index contributed by atoms with van der Waals surface area (Å²) in [6, 6.07) is 6.23. The molecule has 4 heteroatoms. The van der Waals surface area contributed by atoms with Gasteiger partial charge in [-0.1, -0.05) is 12.5 Å². The zero-order valence-electron chi connectivity index (χ0n) is 13.3. The summed E-state index contributed by atoms with van der Waals surface area (Å²) in [5.74, 6) is 1.44. The van der Waals surface area contributed by atoms with Crippen molar-refractivity contribution in [2.45, 2.75) is 44.8 Å². The third-order valence-electron chi connectivity index (χ3n) is 4.30. The van der Waals surface area contributed by atoms with Gasteiger partial charge in [0.2, 0.25) is 0 Å². The molecule has 1 aliphatic rings. The maximum Gasteiger partial charge on any atom is 0.161 e. The summed E-state index contributed by atoms with van der Waals surface area (Å²) in [4.78, 5) is 2.43. The summed E-state index contributed by atoms with van der Waals surface area (Å²) >= 11 is 0. The van der Waals surface area contributed by atoms with E-state index in [1.54, 1.807) is 14.0 Å². The Morgan fingerprint density at radius 1 is 1.33 bits per heavy atom. The number of benzene rings is 1. The van der Waals surface area contributed by atoms with Gasteiger partial charge < -0.3 is 19.5 Å². The van der Waals surface area contributed by atoms with E-state index in [9.17, 15) is 5.11 Å². The van der Waals surface area contributed by atoms with Crippen LogP contribution in [-0.2, 0) is 0 Å². The number of aliphatic hydroxyl groups is 1. The molecule has 0 spiro atoms. The summed E-state index contributed by atoms with van der Waals surface area (Å²) in [7, 11) is 3.82. The van der Waals surface area contributed by atoms with Crippen LogP contribution in [-0.4, -0.2) is 43.4 Å². The first-order valence-electron chi connectivity index (χ1n) is 7.81. The van der Waals surface area contributed by atoms with E-state index in [1.165, 1.54) is 25.8 Å². The minimum atomic E-state index is -0.496. The number of rotatable bonds is 6. The first-order chi connectivity index (χ1) is 10.1. The molecule has 0 bridgehead atoms. The van der Waals surface area contributed by atoms with Gasteiger partial charge in [0, 0.05) is 6.04 Å². The van der Waals surface area contributed by atoms with Crippen LogP contribution >= 0.6 is 0 Å². The van der Waals surface area contributed by atoms with E-state index in [0.717, 1.165) is 17.7 Å². The SMILES string of the molecule is COc1cc([C@H](C)O)ccc1OCCC1CCCCN1C. The minimum absolute atomic E-state index is 0.496. The lowest BCUT2D eigenvalue weighted by Crippen LogP contribution is -2.37. The molecule has 118 valence electrons. The van der Waals surface area contributed by atoms with Crippen molar-refractivity contribution < 1.29 is 14.6 Å². The number of likely N-dealkylation sites (tertiary alicyclic amines) is 1. The van der Waals surface area contributed by atoms with Gasteiger partial charge in [-0.15, -0.1) is 0 Å². The van der Waals surface area contributed by atoms with Crippen molar-refractivity contribution in [3.8, 4) is 11.5 Å². The summed E-state index contributed by atoms with van der Waals surface area (Å²) in [6.45, 7) is 3.63. The van der Waals surface area contributed by atoms with Crippen LogP contribution in [0.1, 0.15) is 44.3 Å². The molecule has 0 radical (unpaired) electrons. The summed E-state index contributed by atoms with van der Waals surface area (Å²) < 4.78 is 11.2. The third-order valence-corrected chi connectivity index (χ3v) is 4.30. The van der Waals surface area contributed by atoms with Crippen LogP contribution in [0.15, 0.2) is 18.2 Å². The molecule has 0 amide bonds. The standard InChI is InChI=1S/C17H27NO3/c1-13(19)14-7-8-16(17(12-14)20-3)21-11-9-15-6-4-5-10-18(15)2/h7-8,12-13,15,19H,4-6,9-11H2,1-3H3/t13-,15?/m0/s1. The van der Waals surface area contributed by atoms with Gasteiger partial charge >= 0.3 is 0 Å². The maximum absolute atomic E-state index is 9.61. The molecule has 0 saturated carbocycles. The number of aliphatic hydroxyl groups excluding tert-OH is 1. The Bertz CT molecular complexity index is 448. The second-order valence-electron chi connectivity index (χ2n) is 5.85. The molecule has 1 fully saturated rings. The van der Waals surface area contributed by atoms with Gasteiger partial charge in [0.15, 0.2) is 11.5 Å². The van der Waals surface area contributed by atoms with Crippen molar-refractivity contribution in [2.24, 2.45) is 0 Å². The van der Waals surface area contributed by atoms with Gasteiger partial charge in [0.25, 0.3) is 0 Å². The quantitative estimate of drug-likeness (QED) is 0.875. The van der Waals surface area contributed by atoms with Gasteiger partial charge in [-0.05, 0) is 57.5 Å². The largest absolute Gasteiger partial charge is 0.493 e. The monoisotopic (exact) mass is 293 g/mol. The lowest BCUT2D eigenvalue weighted by molar-refractivity contribution is 0.151. The van der Waals surface area contributed by atoms with E-state index in [0.29, 0.717) is 18.4 Å². The Labute approximate surface area is 127 Å². The first-order valence-corrected chi connectivity index (χ1v) is 7.81. The smallest absolute Gasteiger partial charge is 0.161 e. The molecule has 1 heterocycles. The van der Waals surface area contributed by atoms with Gasteiger partial charge in [-0.3, -0.25) is 0 Å². The topological polar surface area (TPSA) is 41.9 Å². The van der Waals surface area contributed by atoms with Crippen LogP contribution in [0.25, 0.3) is 0 Å². The van der Waals surface area contributed by atoms with Crippen molar-refractivity contribution in [1.29, 1.82) is 0 Å². The van der Waals surface area contributed by atoms with Crippen molar-refractivity contribution in [3.63, 3.8) is 0 Å². The van der Waals surface area contributed by atoms with Crippen LogP contribution < -0.4 is 9.47 Å². The zero-order chi connectivity index (χ0) is 15.2. The van der Waals surface area contributed by atoms with Crippen molar-refractivity contribution >= 4 is 0 Å². The van der Waals surface area contributed by atoms with Gasteiger partial charge in [0.1, 0.15) is 0 Å². The average molecular weight is 293 g/mol. The van der Waals surface area contributed by atoms with Crippen LogP contribution in [0, 0.1) is 0 Å². The number of hydrogen-bond donors (Lipinski definition) is 1. The molecule has 4 nitrogen and oxygen atoms in total. The normalized spacial score (nSPS) is 21.0. The highest BCUT2D eigenvalue weighted by Gasteiger charge is 2.18. The van der Waals surface area contributed by atoms with Gasteiger partial charge in [-0.25, -0.2) is 0 Å². The number of ether oxygens (including phenoxy) is 2. The highest BCUT2D eigenvalue weighted by Crippen LogP contribution is 2.30. The first kappa shape index (κ1) is 16.1. The number of nitrogens with zero attached hydrogens (tertiary/aromatic N) is 1. The second-order valence-corrected chi connectivity index (χ2v) is 5.85. The summed E-state index contributed by atoms with van der Waals surface area (Å²) in [6.07, 6.45) is 4.43. The van der Waals surface area contributed by atoms with Crippen LogP contribution in [0.5, 0.6) is 11.5 Å². The van der Waals surface area contributed by atoms with Crippen LogP contribution in [0.4, 0.5) is 0 Å². The molecule has 1 aromatic carbocycles. The molecule has 1 aromatic rings. The summed E-state index contributed by atoms with van der Waals surface area (Å²) in [5.41, 5.74) is 0.839. The average Bonchev–Trinajstić information content (AvgIpc) is 2.49. The Balaban J connectivity index is 1.90. The lowest BCUT2D eigenvalue weighted by Gasteiger charge is -2.32. The molecule has 1 unspecified atom stereocenters. The second kappa shape index (κ2) is 7.66. The highest BCUT2D eigenvalue weighted by molar-refractivity contribution is 5.43. The van der Waals surface area contributed by atoms with Crippen molar-refractivity contribution in [3.05, 3.63) is 23.8 Å². The third kappa shape index (κ3) is 4.35. The highest BCUT2D eigenvalue weighted by atomic mass is 16.5. The number of methoxy groups -OCH3 is 1. The molecular formula is C17H27NO3. The molecule has 21 heavy (non-hydrogen) atoms. The fourth-order valence-electron chi connectivity index (χ4n) is 2.88. The summed E-state index contributed by atoms with van der Waals surface area (Å²) in [5, 5.41) is 9.61. The predicted molar refractivity (Wildman–Crippen MR) is 84.0 cm³/mol. The molecule has 0 aromatic heterocycles. The van der Waals surface area contributed by atoms with Gasteiger partial charge in [0.05, 0.1) is 19.8 Å². The van der Waals surface area contributed by atoms with E-state index < -0.39 is 6.10 Å². The van der Waals surface area contributed by atoms with Crippen LogP contribution in [0.2, 0.25) is 0 Å². The van der Waals surface area contributed by atoms with Crippen LogP contribution in [0.3, 0.4) is 0 Å². The maximum atomic E-state index is 9.61. The Morgan fingerprint density at radius 3 is 2.81 bits per heavy atom. The van der Waals surface area contributed by atoms with E-state index in [-0.39, 0.29) is 0 Å². The molecular weight excluding hydrogens is 266 g/mol. The number of piperidine rings is 1. The zero-order valence-corrected chi connectivity index (χ0v) is 13.3. The van der Waals surface area contributed by atoms with Crippen molar-refractivity contribution in [2.75, 3.05) is 27.3 Å². The fraction of sp³-hybridized carbons (Fsp3) is 0.647. The van der Waals surface area contributed by atoms with Crippen molar-refractivity contribution in [1.82, 2.24) is 4.90 Å². The fourth-order valence-corrected chi connectivity index (χ4v) is 2.88. The van der Waals surface area contributed by atoms with E-state index in [1.807, 2.05) is 18.2 Å². The molecule has 2 atom stereocenters. The Morgan fingerprint density at radius 2 is 2.14 bits per heavy atom. The molecule has 1 saturated heterocycles. The minimum Gasteiger partial charge on any atom is -0.493 e. The molecule has 1 aliphatic heterocycles. The van der Waals surface area contributed by atoms with E-state index >= 15 is 0 Å². The predicted octanol–water partition coefficient (Wildman–Crippen LogP) is 3.00. The Kier molecular flexibility index (Phi) is 5.88. The molecule has 2 rings (SSSR count). The Hall–Kier alpha value is -1.26. The van der Waals surface area contributed by atoms with E-state index in [2.05, 4.69) is 11.9 Å².